The largest absolute Gasteiger partial charge is 0.192 e. The molecule has 19 heavy (non-hydrogen) atoms. The Hall–Kier alpha value is -2.59. The summed E-state index contributed by atoms with van der Waals surface area (Å²) in [6.45, 7) is 0. The van der Waals surface area contributed by atoms with Gasteiger partial charge in [-0.2, -0.15) is 5.26 Å². The van der Waals surface area contributed by atoms with E-state index in [0.29, 0.717) is 0 Å². The molecule has 0 radical (unpaired) electrons. The Morgan fingerprint density at radius 2 is 1.53 bits per heavy atom. The Morgan fingerprint density at radius 3 is 2.37 bits per heavy atom. The molecular formula is C18H13N. The first-order chi connectivity index (χ1) is 9.36. The van der Waals surface area contributed by atoms with Crippen molar-refractivity contribution in [2.45, 2.75) is 6.42 Å². The molecule has 0 aliphatic carbocycles. The van der Waals surface area contributed by atoms with Gasteiger partial charge in [0.25, 0.3) is 0 Å². The van der Waals surface area contributed by atoms with Crippen molar-refractivity contribution < 1.29 is 0 Å². The van der Waals surface area contributed by atoms with Gasteiger partial charge in [0, 0.05) is 0 Å². The van der Waals surface area contributed by atoms with Gasteiger partial charge in [0.2, 0.25) is 0 Å². The van der Waals surface area contributed by atoms with Crippen molar-refractivity contribution in [2.75, 3.05) is 0 Å². The van der Waals surface area contributed by atoms with Crippen LogP contribution in [-0.2, 0) is 6.42 Å². The lowest BCUT2D eigenvalue weighted by Gasteiger charge is -2.05. The Morgan fingerprint density at radius 1 is 0.789 bits per heavy atom. The quantitative estimate of drug-likeness (QED) is 0.658. The fraction of sp³-hybridized carbons (Fsp3) is 0.0556. The molecule has 90 valence electrons. The molecule has 0 aliphatic heterocycles. The van der Waals surface area contributed by atoms with Crippen LogP contribution in [0.3, 0.4) is 0 Å². The fourth-order valence-corrected chi connectivity index (χ4v) is 2.35. The first kappa shape index (κ1) is 11.5. The summed E-state index contributed by atoms with van der Waals surface area (Å²) in [6.07, 6.45) is 0.800. The van der Waals surface area contributed by atoms with Crippen LogP contribution in [0.1, 0.15) is 16.7 Å². The van der Waals surface area contributed by atoms with Crippen LogP contribution >= 0.6 is 0 Å². The first-order valence-corrected chi connectivity index (χ1v) is 6.32. The van der Waals surface area contributed by atoms with Crippen LogP contribution in [0.4, 0.5) is 0 Å². The molecule has 3 aromatic carbocycles. The van der Waals surface area contributed by atoms with E-state index in [1.54, 1.807) is 0 Å². The molecule has 0 fully saturated rings. The Bertz CT molecular complexity index is 766. The topological polar surface area (TPSA) is 23.8 Å². The van der Waals surface area contributed by atoms with Crippen molar-refractivity contribution in [3.8, 4) is 6.07 Å². The van der Waals surface area contributed by atoms with Gasteiger partial charge >= 0.3 is 0 Å². The van der Waals surface area contributed by atoms with Gasteiger partial charge in [-0.25, -0.2) is 0 Å². The summed E-state index contributed by atoms with van der Waals surface area (Å²) in [5, 5.41) is 11.6. The Balaban J connectivity index is 1.99. The van der Waals surface area contributed by atoms with Gasteiger partial charge in [0.05, 0.1) is 11.6 Å². The van der Waals surface area contributed by atoms with E-state index in [1.807, 2.05) is 30.3 Å². The van der Waals surface area contributed by atoms with Crippen LogP contribution in [0, 0.1) is 11.3 Å². The third-order valence-corrected chi connectivity index (χ3v) is 3.35. The molecule has 0 heterocycles. The Labute approximate surface area is 112 Å². The third kappa shape index (κ3) is 2.34. The maximum Gasteiger partial charge on any atom is 0.0994 e. The number of hydrogen-bond acceptors (Lipinski definition) is 1. The molecule has 0 unspecified atom stereocenters. The zero-order valence-electron chi connectivity index (χ0n) is 10.5. The highest BCUT2D eigenvalue weighted by atomic mass is 14.2. The van der Waals surface area contributed by atoms with Crippen LogP contribution in [0.2, 0.25) is 0 Å². The average molecular weight is 243 g/mol. The van der Waals surface area contributed by atoms with Crippen LogP contribution in [0.25, 0.3) is 10.8 Å². The van der Waals surface area contributed by atoms with Crippen molar-refractivity contribution in [1.29, 1.82) is 5.26 Å². The molecule has 3 aromatic rings. The molecule has 0 N–H and O–H groups in total. The van der Waals surface area contributed by atoms with E-state index in [9.17, 15) is 0 Å². The normalized spacial score (nSPS) is 10.3. The lowest BCUT2D eigenvalue weighted by atomic mass is 9.98. The molecule has 0 spiro atoms. The molecule has 0 aromatic heterocycles. The van der Waals surface area contributed by atoms with Crippen molar-refractivity contribution in [3.63, 3.8) is 0 Å². The molecule has 0 amide bonds. The summed E-state index contributed by atoms with van der Waals surface area (Å²) < 4.78 is 0. The highest BCUT2D eigenvalue weighted by Crippen LogP contribution is 2.19. The SMILES string of the molecule is N#Cc1ccccc1Cc1ccc2ccccc2c1. The second-order valence-electron chi connectivity index (χ2n) is 4.63. The van der Waals surface area contributed by atoms with Crippen LogP contribution < -0.4 is 0 Å². The summed E-state index contributed by atoms with van der Waals surface area (Å²) in [5.41, 5.74) is 3.08. The van der Waals surface area contributed by atoms with Crippen molar-refractivity contribution in [3.05, 3.63) is 83.4 Å². The summed E-state index contributed by atoms with van der Waals surface area (Å²) >= 11 is 0. The van der Waals surface area contributed by atoms with Gasteiger partial charge in [0.15, 0.2) is 0 Å². The van der Waals surface area contributed by atoms with Gasteiger partial charge < -0.3 is 0 Å². The van der Waals surface area contributed by atoms with Gasteiger partial charge in [-0.05, 0) is 34.4 Å². The van der Waals surface area contributed by atoms with Gasteiger partial charge in [-0.1, -0.05) is 60.7 Å². The summed E-state index contributed by atoms with van der Waals surface area (Å²) in [6, 6.07) is 24.8. The second-order valence-corrected chi connectivity index (χ2v) is 4.63. The van der Waals surface area contributed by atoms with Crippen molar-refractivity contribution >= 4 is 10.8 Å². The number of hydrogen-bond donors (Lipinski definition) is 0. The van der Waals surface area contributed by atoms with Gasteiger partial charge in [0.1, 0.15) is 0 Å². The van der Waals surface area contributed by atoms with Crippen LogP contribution in [0.5, 0.6) is 0 Å². The smallest absolute Gasteiger partial charge is 0.0994 e. The fourth-order valence-electron chi connectivity index (χ4n) is 2.35. The van der Waals surface area contributed by atoms with Crippen molar-refractivity contribution in [2.24, 2.45) is 0 Å². The summed E-state index contributed by atoms with van der Waals surface area (Å²) in [5.74, 6) is 0. The Kier molecular flexibility index (Phi) is 3.00. The molecule has 1 heteroatoms. The predicted octanol–water partition coefficient (Wildman–Crippen LogP) is 4.30. The lowest BCUT2D eigenvalue weighted by Crippen LogP contribution is -1.92. The number of nitrogens with zero attached hydrogens (tertiary/aromatic N) is 1. The first-order valence-electron chi connectivity index (χ1n) is 6.32. The van der Waals surface area contributed by atoms with E-state index in [-0.39, 0.29) is 0 Å². The molecular weight excluding hydrogens is 230 g/mol. The van der Waals surface area contributed by atoms with Gasteiger partial charge in [-0.15, -0.1) is 0 Å². The van der Waals surface area contributed by atoms with Crippen LogP contribution in [-0.4, -0.2) is 0 Å². The van der Waals surface area contributed by atoms with E-state index in [1.165, 1.54) is 16.3 Å². The van der Waals surface area contributed by atoms with E-state index in [4.69, 9.17) is 5.26 Å². The highest BCUT2D eigenvalue weighted by Gasteiger charge is 2.03. The van der Waals surface area contributed by atoms with E-state index < -0.39 is 0 Å². The minimum absolute atomic E-state index is 0.760. The molecule has 3 rings (SSSR count). The monoisotopic (exact) mass is 243 g/mol. The summed E-state index contributed by atoms with van der Waals surface area (Å²) in [4.78, 5) is 0. The molecule has 1 nitrogen and oxygen atoms in total. The number of fused-ring (bicyclic) bond motifs is 1. The second kappa shape index (κ2) is 4.96. The van der Waals surface area contributed by atoms with Gasteiger partial charge in [-0.3, -0.25) is 0 Å². The maximum atomic E-state index is 9.12. The highest BCUT2D eigenvalue weighted by molar-refractivity contribution is 5.83. The number of rotatable bonds is 2. The zero-order chi connectivity index (χ0) is 13.1. The molecule has 0 saturated heterocycles. The lowest BCUT2D eigenvalue weighted by molar-refractivity contribution is 1.18. The maximum absolute atomic E-state index is 9.12. The molecule has 0 bridgehead atoms. The molecule has 0 atom stereocenters. The third-order valence-electron chi connectivity index (χ3n) is 3.35. The number of benzene rings is 3. The van der Waals surface area contributed by atoms with E-state index in [0.717, 1.165) is 17.5 Å². The van der Waals surface area contributed by atoms with Crippen molar-refractivity contribution in [1.82, 2.24) is 0 Å². The van der Waals surface area contributed by atoms with E-state index >= 15 is 0 Å². The predicted molar refractivity (Wildman–Crippen MR) is 77.9 cm³/mol. The summed E-state index contributed by atoms with van der Waals surface area (Å²) in [7, 11) is 0. The zero-order valence-corrected chi connectivity index (χ0v) is 10.5. The average Bonchev–Trinajstić information content (AvgIpc) is 2.48. The van der Waals surface area contributed by atoms with Crippen LogP contribution in [0.15, 0.2) is 66.7 Å². The number of nitriles is 1. The molecule has 0 saturated carbocycles. The standard InChI is InChI=1S/C18H13N/c19-13-18-8-4-3-7-17(18)12-14-9-10-15-5-1-2-6-16(15)11-14/h1-11H,12H2. The van der Waals surface area contributed by atoms with E-state index in [2.05, 4.69) is 42.5 Å². The molecule has 0 aliphatic rings. The minimum Gasteiger partial charge on any atom is -0.192 e. The minimum atomic E-state index is 0.760.